The lowest BCUT2D eigenvalue weighted by Gasteiger charge is -2.15. The summed E-state index contributed by atoms with van der Waals surface area (Å²) in [6.07, 6.45) is 4.53. The lowest BCUT2D eigenvalue weighted by molar-refractivity contribution is -0.115. The minimum atomic E-state index is -0.0363. The van der Waals surface area contributed by atoms with E-state index in [1.165, 1.54) is 32.3 Å². The van der Waals surface area contributed by atoms with Crippen LogP contribution in [0.25, 0.3) is 32.3 Å². The van der Waals surface area contributed by atoms with Crippen molar-refractivity contribution in [3.63, 3.8) is 0 Å². The lowest BCUT2D eigenvalue weighted by atomic mass is 9.88. The average Bonchev–Trinajstić information content (AvgIpc) is 3.05. The Morgan fingerprint density at radius 1 is 0.750 bits per heavy atom. The molecule has 0 radical (unpaired) electrons. The number of hydrogen-bond acceptors (Lipinski definition) is 1. The van der Waals surface area contributed by atoms with E-state index in [4.69, 9.17) is 0 Å². The molecule has 1 unspecified atom stereocenters. The van der Waals surface area contributed by atoms with Crippen LogP contribution in [0.1, 0.15) is 17.9 Å². The van der Waals surface area contributed by atoms with Crippen molar-refractivity contribution in [2.24, 2.45) is 0 Å². The minimum absolute atomic E-state index is 0.0363. The fourth-order valence-electron chi connectivity index (χ4n) is 3.95. The first-order chi connectivity index (χ1) is 11.8. The van der Waals surface area contributed by atoms with Gasteiger partial charge in [0.2, 0.25) is 0 Å². The normalized spacial score (nSPS) is 17.3. The van der Waals surface area contributed by atoms with Crippen LogP contribution in [0.5, 0.6) is 0 Å². The Labute approximate surface area is 140 Å². The van der Waals surface area contributed by atoms with Gasteiger partial charge in [0.1, 0.15) is 0 Å². The first kappa shape index (κ1) is 13.5. The Kier molecular flexibility index (Phi) is 2.83. The maximum Gasteiger partial charge on any atom is 0.163 e. The van der Waals surface area contributed by atoms with Crippen LogP contribution in [0.4, 0.5) is 0 Å². The third-order valence-corrected chi connectivity index (χ3v) is 5.13. The van der Waals surface area contributed by atoms with Gasteiger partial charge in [-0.1, -0.05) is 60.7 Å². The molecule has 24 heavy (non-hydrogen) atoms. The average molecular weight is 308 g/mol. The SMILES string of the molecule is O=C1C=CCC1c1cccc2ccc3cc4ccccc4cc3c12. The van der Waals surface area contributed by atoms with Crippen LogP contribution in [0, 0.1) is 0 Å². The van der Waals surface area contributed by atoms with Gasteiger partial charge in [0.15, 0.2) is 5.78 Å². The summed E-state index contributed by atoms with van der Waals surface area (Å²) in [6, 6.07) is 23.6. The van der Waals surface area contributed by atoms with Crippen molar-refractivity contribution in [2.45, 2.75) is 12.3 Å². The smallest absolute Gasteiger partial charge is 0.163 e. The largest absolute Gasteiger partial charge is 0.294 e. The van der Waals surface area contributed by atoms with Crippen LogP contribution >= 0.6 is 0 Å². The molecular weight excluding hydrogens is 292 g/mol. The van der Waals surface area contributed by atoms with Gasteiger partial charge in [0, 0.05) is 0 Å². The summed E-state index contributed by atoms with van der Waals surface area (Å²) in [7, 11) is 0. The van der Waals surface area contributed by atoms with Crippen LogP contribution < -0.4 is 0 Å². The molecule has 0 N–H and O–H groups in total. The summed E-state index contributed by atoms with van der Waals surface area (Å²) in [4.78, 5) is 12.3. The van der Waals surface area contributed by atoms with Gasteiger partial charge < -0.3 is 0 Å². The maximum absolute atomic E-state index is 12.3. The van der Waals surface area contributed by atoms with E-state index < -0.39 is 0 Å². The molecule has 1 atom stereocenters. The number of fused-ring (bicyclic) bond motifs is 4. The second kappa shape index (κ2) is 5.04. The monoisotopic (exact) mass is 308 g/mol. The fraction of sp³-hybridized carbons (Fsp3) is 0.0870. The van der Waals surface area contributed by atoms with Gasteiger partial charge in [-0.25, -0.2) is 0 Å². The van der Waals surface area contributed by atoms with Crippen LogP contribution in [0.3, 0.4) is 0 Å². The van der Waals surface area contributed by atoms with E-state index in [9.17, 15) is 4.79 Å². The van der Waals surface area contributed by atoms with E-state index in [2.05, 4.69) is 66.7 Å². The number of allylic oxidation sites excluding steroid dienone is 2. The first-order valence-electron chi connectivity index (χ1n) is 8.36. The van der Waals surface area contributed by atoms with Gasteiger partial charge >= 0.3 is 0 Å². The zero-order chi connectivity index (χ0) is 16.1. The molecule has 5 rings (SSSR count). The number of ketones is 1. The Morgan fingerprint density at radius 3 is 2.29 bits per heavy atom. The number of carbonyl (C=O) groups is 1. The van der Waals surface area contributed by atoms with Gasteiger partial charge in [-0.3, -0.25) is 4.79 Å². The number of hydrogen-bond donors (Lipinski definition) is 0. The van der Waals surface area contributed by atoms with E-state index in [1.54, 1.807) is 6.08 Å². The molecule has 0 fully saturated rings. The highest BCUT2D eigenvalue weighted by atomic mass is 16.1. The molecule has 0 amide bonds. The van der Waals surface area contributed by atoms with Crippen molar-refractivity contribution in [3.8, 4) is 0 Å². The summed E-state index contributed by atoms with van der Waals surface area (Å²) >= 11 is 0. The summed E-state index contributed by atoms with van der Waals surface area (Å²) in [6.45, 7) is 0. The maximum atomic E-state index is 12.3. The van der Waals surface area contributed by atoms with Crippen LogP contribution in [-0.2, 0) is 4.79 Å². The molecule has 4 aromatic carbocycles. The number of carbonyl (C=O) groups excluding carboxylic acids is 1. The molecule has 0 bridgehead atoms. The molecule has 0 saturated carbocycles. The molecule has 4 aromatic rings. The molecular formula is C23H16O. The van der Waals surface area contributed by atoms with E-state index in [-0.39, 0.29) is 11.7 Å². The third-order valence-electron chi connectivity index (χ3n) is 5.13. The molecule has 1 heteroatoms. The highest BCUT2D eigenvalue weighted by molar-refractivity contribution is 6.15. The minimum Gasteiger partial charge on any atom is -0.294 e. The zero-order valence-corrected chi connectivity index (χ0v) is 13.2. The van der Waals surface area contributed by atoms with Crippen molar-refractivity contribution in [1.29, 1.82) is 0 Å². The molecule has 0 aromatic heterocycles. The second-order valence-electron chi connectivity index (χ2n) is 6.52. The van der Waals surface area contributed by atoms with Gasteiger partial charge in [-0.15, -0.1) is 0 Å². The number of benzene rings is 4. The highest BCUT2D eigenvalue weighted by Gasteiger charge is 2.24. The Bertz CT molecular complexity index is 1150. The number of rotatable bonds is 1. The highest BCUT2D eigenvalue weighted by Crippen LogP contribution is 2.37. The Morgan fingerprint density at radius 2 is 1.50 bits per heavy atom. The lowest BCUT2D eigenvalue weighted by Crippen LogP contribution is -2.05. The predicted molar refractivity (Wildman–Crippen MR) is 100 cm³/mol. The molecule has 1 aliphatic carbocycles. The van der Waals surface area contributed by atoms with E-state index in [1.807, 2.05) is 6.08 Å². The fourth-order valence-corrected chi connectivity index (χ4v) is 3.95. The summed E-state index contributed by atoms with van der Waals surface area (Å²) in [5.41, 5.74) is 1.16. The van der Waals surface area contributed by atoms with Crippen LogP contribution in [-0.4, -0.2) is 5.78 Å². The topological polar surface area (TPSA) is 17.1 Å². The zero-order valence-electron chi connectivity index (χ0n) is 13.2. The van der Waals surface area contributed by atoms with Gasteiger partial charge in [-0.2, -0.15) is 0 Å². The van der Waals surface area contributed by atoms with Crippen LogP contribution in [0.15, 0.2) is 78.9 Å². The molecule has 0 spiro atoms. The van der Waals surface area contributed by atoms with Crippen molar-refractivity contribution in [2.75, 3.05) is 0 Å². The van der Waals surface area contributed by atoms with E-state index in [0.717, 1.165) is 12.0 Å². The summed E-state index contributed by atoms with van der Waals surface area (Å²) in [5, 5.41) is 7.38. The Hall–Kier alpha value is -2.93. The standard InChI is InChI=1S/C23H16O/c24-22-10-4-8-19(22)20-9-3-7-15-11-12-18-13-16-5-1-2-6-17(16)14-21(18)23(15)20/h1-7,9-14,19H,8H2. The quantitative estimate of drug-likeness (QED) is 0.323. The summed E-state index contributed by atoms with van der Waals surface area (Å²) < 4.78 is 0. The second-order valence-corrected chi connectivity index (χ2v) is 6.52. The van der Waals surface area contributed by atoms with Crippen molar-refractivity contribution >= 4 is 38.1 Å². The molecule has 114 valence electrons. The Balaban J connectivity index is 1.91. The van der Waals surface area contributed by atoms with Gasteiger partial charge in [0.05, 0.1) is 5.92 Å². The van der Waals surface area contributed by atoms with E-state index in [0.29, 0.717) is 0 Å². The van der Waals surface area contributed by atoms with Gasteiger partial charge in [-0.05, 0) is 62.5 Å². The molecule has 0 aliphatic heterocycles. The van der Waals surface area contributed by atoms with E-state index >= 15 is 0 Å². The van der Waals surface area contributed by atoms with Gasteiger partial charge in [0.25, 0.3) is 0 Å². The van der Waals surface area contributed by atoms with Crippen molar-refractivity contribution < 1.29 is 4.79 Å². The third kappa shape index (κ3) is 1.91. The molecule has 0 saturated heterocycles. The molecule has 1 aliphatic rings. The molecule has 1 nitrogen and oxygen atoms in total. The van der Waals surface area contributed by atoms with Crippen molar-refractivity contribution in [3.05, 3.63) is 84.4 Å². The molecule has 0 heterocycles. The predicted octanol–water partition coefficient (Wildman–Crippen LogP) is 5.76. The van der Waals surface area contributed by atoms with Crippen molar-refractivity contribution in [1.82, 2.24) is 0 Å². The first-order valence-corrected chi connectivity index (χ1v) is 8.36. The summed E-state index contributed by atoms with van der Waals surface area (Å²) in [5.74, 6) is 0.186. The van der Waals surface area contributed by atoms with Crippen LogP contribution in [0.2, 0.25) is 0 Å².